The predicted octanol–water partition coefficient (Wildman–Crippen LogP) is 3.81. The van der Waals surface area contributed by atoms with E-state index in [1.807, 2.05) is 18.6 Å². The first kappa shape index (κ1) is 28.0. The van der Waals surface area contributed by atoms with Crippen molar-refractivity contribution in [2.45, 2.75) is 64.4 Å². The molecule has 1 N–H and O–H groups in total. The normalized spacial score (nSPS) is 11.2. The van der Waals surface area contributed by atoms with Crippen molar-refractivity contribution in [2.75, 3.05) is 13.1 Å². The van der Waals surface area contributed by atoms with E-state index < -0.39 is 21.9 Å². The highest BCUT2D eigenvalue weighted by molar-refractivity contribution is 7.90. The first-order valence-corrected chi connectivity index (χ1v) is 13.2. The molecule has 10 heteroatoms. The summed E-state index contributed by atoms with van der Waals surface area (Å²) in [6, 6.07) is 8.19. The smallest absolute Gasteiger partial charge is 0.357 e. The molecule has 2 aromatic rings. The number of hydrogen-bond acceptors (Lipinski definition) is 7. The number of esters is 1. The van der Waals surface area contributed by atoms with Gasteiger partial charge in [0.05, 0.1) is 16.6 Å². The molecule has 0 saturated heterocycles. The van der Waals surface area contributed by atoms with Gasteiger partial charge in [0.1, 0.15) is 5.69 Å². The fraction of sp³-hybridized carbons (Fsp3) is 0.440. The summed E-state index contributed by atoms with van der Waals surface area (Å²) in [4.78, 5) is 42.9. The largest absolute Gasteiger partial charge is 0.458 e. The Morgan fingerprint density at radius 3 is 2.20 bits per heavy atom. The summed E-state index contributed by atoms with van der Waals surface area (Å²) in [5, 5.41) is 0. The second kappa shape index (κ2) is 13.0. The lowest BCUT2D eigenvalue weighted by Crippen LogP contribution is -2.33. The lowest BCUT2D eigenvalue weighted by Gasteiger charge is -2.22. The van der Waals surface area contributed by atoms with Gasteiger partial charge >= 0.3 is 5.97 Å². The molecule has 0 aliphatic rings. The molecular formula is C25H33N3O6S. The quantitative estimate of drug-likeness (QED) is 0.437. The zero-order valence-electron chi connectivity index (χ0n) is 20.6. The Hall–Kier alpha value is -3.27. The summed E-state index contributed by atoms with van der Waals surface area (Å²) in [5.41, 5.74) is 0.189. The van der Waals surface area contributed by atoms with Gasteiger partial charge in [-0.2, -0.15) is 0 Å². The number of nitrogens with one attached hydrogen (secondary N) is 1. The van der Waals surface area contributed by atoms with Crippen LogP contribution in [0.25, 0.3) is 0 Å². The average molecular weight is 504 g/mol. The van der Waals surface area contributed by atoms with E-state index in [9.17, 15) is 22.8 Å². The molecule has 9 nitrogen and oxygen atoms in total. The van der Waals surface area contributed by atoms with E-state index in [-0.39, 0.29) is 33.7 Å². The lowest BCUT2D eigenvalue weighted by atomic mass is 10.1. The highest BCUT2D eigenvalue weighted by atomic mass is 32.2. The maximum atomic E-state index is 13.0. The summed E-state index contributed by atoms with van der Waals surface area (Å²) in [6.45, 7) is 8.66. The zero-order valence-corrected chi connectivity index (χ0v) is 21.4. The summed E-state index contributed by atoms with van der Waals surface area (Å²) in [6.07, 6.45) is 4.35. The highest BCUT2D eigenvalue weighted by Gasteiger charge is 2.22. The maximum Gasteiger partial charge on any atom is 0.357 e. The van der Waals surface area contributed by atoms with Crippen molar-refractivity contribution >= 4 is 27.8 Å². The van der Waals surface area contributed by atoms with Gasteiger partial charge < -0.3 is 9.64 Å². The van der Waals surface area contributed by atoms with Gasteiger partial charge in [-0.1, -0.05) is 32.8 Å². The number of carbonyl (C=O) groups is 3. The second-order valence-corrected chi connectivity index (χ2v) is 10.0. The van der Waals surface area contributed by atoms with Crippen molar-refractivity contribution in [3.05, 3.63) is 59.4 Å². The van der Waals surface area contributed by atoms with Gasteiger partial charge in [0.15, 0.2) is 0 Å². The standard InChI is InChI=1S/C25H33N3O6S/c1-5-7-14-28(15-8-6-2)24(30)19-10-9-11-21(16-19)35(32,33)27-23(29)20-12-13-22(26-17-20)25(31)34-18(3)4/h9-13,16-18H,5-8,14-15H2,1-4H3,(H,27,29). The van der Waals surface area contributed by atoms with Crippen LogP contribution >= 0.6 is 0 Å². The van der Waals surface area contributed by atoms with Crippen LogP contribution in [0.2, 0.25) is 0 Å². The van der Waals surface area contributed by atoms with E-state index in [0.717, 1.165) is 31.9 Å². The molecule has 0 aliphatic heterocycles. The van der Waals surface area contributed by atoms with Crippen LogP contribution in [0.3, 0.4) is 0 Å². The van der Waals surface area contributed by atoms with Crippen molar-refractivity contribution in [3.63, 3.8) is 0 Å². The van der Waals surface area contributed by atoms with Gasteiger partial charge in [-0.05, 0) is 57.0 Å². The number of rotatable bonds is 12. The van der Waals surface area contributed by atoms with E-state index in [2.05, 4.69) is 4.98 Å². The van der Waals surface area contributed by atoms with E-state index in [0.29, 0.717) is 13.1 Å². The SMILES string of the molecule is CCCCN(CCCC)C(=O)c1cccc(S(=O)(=O)NC(=O)c2ccc(C(=O)OC(C)C)nc2)c1. The molecule has 0 aliphatic carbocycles. The number of benzene rings is 1. The monoisotopic (exact) mass is 503 g/mol. The summed E-state index contributed by atoms with van der Waals surface area (Å²) < 4.78 is 32.7. The molecule has 0 radical (unpaired) electrons. The number of carbonyl (C=O) groups excluding carboxylic acids is 3. The van der Waals surface area contributed by atoms with Gasteiger partial charge in [-0.15, -0.1) is 0 Å². The van der Waals surface area contributed by atoms with Crippen LogP contribution in [0, 0.1) is 0 Å². The Labute approximate surface area is 206 Å². The molecule has 0 atom stereocenters. The van der Waals surface area contributed by atoms with Crippen LogP contribution < -0.4 is 4.72 Å². The first-order chi connectivity index (χ1) is 16.6. The minimum atomic E-state index is -4.26. The van der Waals surface area contributed by atoms with E-state index in [1.54, 1.807) is 24.8 Å². The minimum absolute atomic E-state index is 0.0000194. The van der Waals surface area contributed by atoms with E-state index in [1.165, 1.54) is 30.3 Å². The second-order valence-electron chi connectivity index (χ2n) is 8.35. The topological polar surface area (TPSA) is 123 Å². The van der Waals surface area contributed by atoms with Crippen LogP contribution in [-0.4, -0.2) is 55.3 Å². The molecule has 190 valence electrons. The van der Waals surface area contributed by atoms with E-state index >= 15 is 0 Å². The molecular weight excluding hydrogens is 470 g/mol. The number of sulfonamides is 1. The van der Waals surface area contributed by atoms with Gasteiger partial charge in [-0.3, -0.25) is 9.59 Å². The van der Waals surface area contributed by atoms with Gasteiger partial charge in [0, 0.05) is 24.8 Å². The highest BCUT2D eigenvalue weighted by Crippen LogP contribution is 2.15. The van der Waals surface area contributed by atoms with Gasteiger partial charge in [0.2, 0.25) is 0 Å². The first-order valence-electron chi connectivity index (χ1n) is 11.7. The van der Waals surface area contributed by atoms with Crippen molar-refractivity contribution < 1.29 is 27.5 Å². The molecule has 35 heavy (non-hydrogen) atoms. The molecule has 0 saturated carbocycles. The predicted molar refractivity (Wildman–Crippen MR) is 132 cm³/mol. The van der Waals surface area contributed by atoms with Gasteiger partial charge in [0.25, 0.3) is 21.8 Å². The Balaban J connectivity index is 2.17. The molecule has 2 amide bonds. The van der Waals surface area contributed by atoms with Crippen LogP contribution in [0.4, 0.5) is 0 Å². The van der Waals surface area contributed by atoms with Crippen LogP contribution in [0.15, 0.2) is 47.5 Å². The number of pyridine rings is 1. The van der Waals surface area contributed by atoms with Crippen LogP contribution in [-0.2, 0) is 14.8 Å². The van der Waals surface area contributed by atoms with Crippen molar-refractivity contribution in [1.82, 2.24) is 14.6 Å². The van der Waals surface area contributed by atoms with Crippen molar-refractivity contribution in [3.8, 4) is 0 Å². The minimum Gasteiger partial charge on any atom is -0.458 e. The Morgan fingerprint density at radius 1 is 1.00 bits per heavy atom. The molecule has 0 unspecified atom stereocenters. The third kappa shape index (κ3) is 8.17. The van der Waals surface area contributed by atoms with E-state index in [4.69, 9.17) is 4.74 Å². The number of aromatic nitrogens is 1. The average Bonchev–Trinajstić information content (AvgIpc) is 2.83. The fourth-order valence-electron chi connectivity index (χ4n) is 3.15. The van der Waals surface area contributed by atoms with Crippen LogP contribution in [0.1, 0.15) is 84.6 Å². The number of nitrogens with zero attached hydrogens (tertiary/aromatic N) is 2. The molecule has 0 bridgehead atoms. The van der Waals surface area contributed by atoms with Gasteiger partial charge in [-0.25, -0.2) is 22.9 Å². The van der Waals surface area contributed by atoms with Crippen molar-refractivity contribution in [2.24, 2.45) is 0 Å². The molecule has 0 spiro atoms. The lowest BCUT2D eigenvalue weighted by molar-refractivity contribution is 0.0370. The summed E-state index contributed by atoms with van der Waals surface area (Å²) in [7, 11) is -4.26. The third-order valence-corrected chi connectivity index (χ3v) is 6.37. The molecule has 1 aromatic heterocycles. The third-order valence-electron chi connectivity index (χ3n) is 5.05. The number of unbranched alkanes of at least 4 members (excludes halogenated alkanes) is 2. The molecule has 2 rings (SSSR count). The molecule has 1 heterocycles. The van der Waals surface area contributed by atoms with Crippen LogP contribution in [0.5, 0.6) is 0 Å². The fourth-order valence-corrected chi connectivity index (χ4v) is 4.17. The number of amides is 2. The molecule has 0 fully saturated rings. The number of hydrogen-bond donors (Lipinski definition) is 1. The maximum absolute atomic E-state index is 13.0. The number of ether oxygens (including phenoxy) is 1. The molecule has 1 aromatic carbocycles. The Bertz CT molecular complexity index is 1120. The Kier molecular flexibility index (Phi) is 10.4. The summed E-state index contributed by atoms with van der Waals surface area (Å²) in [5.74, 6) is -1.80. The van der Waals surface area contributed by atoms with Crippen molar-refractivity contribution in [1.29, 1.82) is 0 Å². The zero-order chi connectivity index (χ0) is 26.0. The summed E-state index contributed by atoms with van der Waals surface area (Å²) >= 11 is 0. The Morgan fingerprint density at radius 2 is 1.66 bits per heavy atom.